The summed E-state index contributed by atoms with van der Waals surface area (Å²) in [5.41, 5.74) is 1.20. The van der Waals surface area contributed by atoms with Crippen LogP contribution in [0, 0.1) is 5.92 Å². The molecule has 1 aromatic heterocycles. The van der Waals surface area contributed by atoms with Crippen molar-refractivity contribution in [2.75, 3.05) is 14.1 Å². The molecule has 1 saturated carbocycles. The van der Waals surface area contributed by atoms with E-state index in [0.717, 1.165) is 37.0 Å². The van der Waals surface area contributed by atoms with Gasteiger partial charge in [0.25, 0.3) is 5.91 Å². The molecule has 0 radical (unpaired) electrons. The van der Waals surface area contributed by atoms with Crippen LogP contribution in [0.2, 0.25) is 0 Å². The number of carbonyl (C=O) groups excluding carboxylic acids is 2. The molecule has 2 aliphatic carbocycles. The highest BCUT2D eigenvalue weighted by molar-refractivity contribution is 7.14. The minimum Gasteiger partial charge on any atom is -0.353 e. The van der Waals surface area contributed by atoms with Crippen LogP contribution in [0.15, 0.2) is 6.07 Å². The predicted molar refractivity (Wildman–Crippen MR) is 88.3 cm³/mol. The molecule has 5 heteroatoms. The van der Waals surface area contributed by atoms with Gasteiger partial charge in [-0.2, -0.15) is 0 Å². The van der Waals surface area contributed by atoms with Crippen molar-refractivity contribution < 1.29 is 9.59 Å². The number of nitrogens with zero attached hydrogens (tertiary/aromatic N) is 1. The van der Waals surface area contributed by atoms with Gasteiger partial charge in [0.05, 0.1) is 4.88 Å². The van der Waals surface area contributed by atoms with E-state index in [4.69, 9.17) is 0 Å². The lowest BCUT2D eigenvalue weighted by Crippen LogP contribution is -2.39. The lowest BCUT2D eigenvalue weighted by Gasteiger charge is -2.23. The number of fused-ring (bicyclic) bond motifs is 1. The zero-order valence-electron chi connectivity index (χ0n) is 13.4. The quantitative estimate of drug-likeness (QED) is 0.931. The standard InChI is InChI=1S/C17H24N2O2S/c1-19(2)17(21)15-10-12-9-11(7-8-14(12)22-15)16(20)18-13-5-3-4-6-13/h10-11,13H,3-9H2,1-2H3,(H,18,20)/t11-/m1/s1. The van der Waals surface area contributed by atoms with E-state index in [-0.39, 0.29) is 17.7 Å². The van der Waals surface area contributed by atoms with E-state index in [1.54, 1.807) is 30.3 Å². The van der Waals surface area contributed by atoms with Crippen LogP contribution in [0.1, 0.15) is 52.2 Å². The fourth-order valence-corrected chi connectivity index (χ4v) is 4.69. The Morgan fingerprint density at radius 2 is 1.95 bits per heavy atom. The van der Waals surface area contributed by atoms with E-state index in [9.17, 15) is 9.59 Å². The number of hydrogen-bond acceptors (Lipinski definition) is 3. The van der Waals surface area contributed by atoms with Crippen molar-refractivity contribution in [3.63, 3.8) is 0 Å². The molecule has 0 spiro atoms. The molecule has 1 heterocycles. The normalized spacial score (nSPS) is 21.5. The molecule has 4 nitrogen and oxygen atoms in total. The Morgan fingerprint density at radius 1 is 1.23 bits per heavy atom. The van der Waals surface area contributed by atoms with Gasteiger partial charge in [-0.05, 0) is 43.7 Å². The van der Waals surface area contributed by atoms with Crippen LogP contribution in [0.4, 0.5) is 0 Å². The van der Waals surface area contributed by atoms with Crippen molar-refractivity contribution in [1.29, 1.82) is 0 Å². The van der Waals surface area contributed by atoms with Crippen LogP contribution in [0.5, 0.6) is 0 Å². The van der Waals surface area contributed by atoms with Gasteiger partial charge in [0.2, 0.25) is 5.91 Å². The third-order valence-electron chi connectivity index (χ3n) is 4.77. The minimum atomic E-state index is 0.0614. The zero-order valence-corrected chi connectivity index (χ0v) is 14.2. The second kappa shape index (κ2) is 6.41. The Balaban J connectivity index is 1.65. The Bertz CT molecular complexity index is 573. The van der Waals surface area contributed by atoms with Crippen molar-refractivity contribution in [2.45, 2.75) is 51.0 Å². The summed E-state index contributed by atoms with van der Waals surface area (Å²) in [6, 6.07) is 2.39. The van der Waals surface area contributed by atoms with Crippen molar-refractivity contribution >= 4 is 23.2 Å². The molecule has 1 fully saturated rings. The van der Waals surface area contributed by atoms with Crippen molar-refractivity contribution in [3.8, 4) is 0 Å². The Labute approximate surface area is 135 Å². The molecule has 2 aliphatic rings. The number of thiophene rings is 1. The van der Waals surface area contributed by atoms with E-state index in [2.05, 4.69) is 5.32 Å². The third-order valence-corrected chi connectivity index (χ3v) is 6.00. The van der Waals surface area contributed by atoms with Crippen LogP contribution < -0.4 is 5.32 Å². The average molecular weight is 320 g/mol. The minimum absolute atomic E-state index is 0.0614. The lowest BCUT2D eigenvalue weighted by atomic mass is 9.87. The first-order chi connectivity index (χ1) is 10.5. The van der Waals surface area contributed by atoms with E-state index in [1.807, 2.05) is 6.07 Å². The first-order valence-electron chi connectivity index (χ1n) is 8.18. The average Bonchev–Trinajstić information content (AvgIpc) is 3.13. The van der Waals surface area contributed by atoms with E-state index < -0.39 is 0 Å². The smallest absolute Gasteiger partial charge is 0.263 e. The predicted octanol–water partition coefficient (Wildman–Crippen LogP) is 2.61. The van der Waals surface area contributed by atoms with Crippen molar-refractivity contribution in [1.82, 2.24) is 10.2 Å². The summed E-state index contributed by atoms with van der Waals surface area (Å²) >= 11 is 1.60. The van der Waals surface area contributed by atoms with Gasteiger partial charge >= 0.3 is 0 Å². The maximum Gasteiger partial charge on any atom is 0.263 e. The van der Waals surface area contributed by atoms with Gasteiger partial charge in [-0.1, -0.05) is 12.8 Å². The molecule has 1 N–H and O–H groups in total. The van der Waals surface area contributed by atoms with Gasteiger partial charge in [-0.3, -0.25) is 9.59 Å². The summed E-state index contributed by atoms with van der Waals surface area (Å²) < 4.78 is 0. The number of nitrogens with one attached hydrogen (secondary N) is 1. The summed E-state index contributed by atoms with van der Waals surface area (Å²) in [7, 11) is 3.55. The maximum atomic E-state index is 12.4. The van der Waals surface area contributed by atoms with E-state index >= 15 is 0 Å². The Morgan fingerprint density at radius 3 is 2.64 bits per heavy atom. The monoisotopic (exact) mass is 320 g/mol. The first kappa shape index (κ1) is 15.5. The SMILES string of the molecule is CN(C)C(=O)c1cc2c(s1)CC[C@@H](C(=O)NC1CCCC1)C2. The maximum absolute atomic E-state index is 12.4. The number of aryl methyl sites for hydroxylation is 1. The van der Waals surface area contributed by atoms with Gasteiger partial charge in [0.1, 0.15) is 0 Å². The second-order valence-corrected chi connectivity index (χ2v) is 7.83. The van der Waals surface area contributed by atoms with Crippen molar-refractivity contribution in [3.05, 3.63) is 21.4 Å². The van der Waals surface area contributed by atoms with Crippen LogP contribution in [-0.2, 0) is 17.6 Å². The van der Waals surface area contributed by atoms with Crippen LogP contribution >= 0.6 is 11.3 Å². The molecule has 0 unspecified atom stereocenters. The fourth-order valence-electron chi connectivity index (χ4n) is 3.46. The second-order valence-electron chi connectivity index (χ2n) is 6.69. The first-order valence-corrected chi connectivity index (χ1v) is 9.00. The van der Waals surface area contributed by atoms with E-state index in [0.29, 0.717) is 6.04 Å². The molecule has 120 valence electrons. The molecule has 0 bridgehead atoms. The van der Waals surface area contributed by atoms with Gasteiger partial charge < -0.3 is 10.2 Å². The summed E-state index contributed by atoms with van der Waals surface area (Å²) in [5.74, 6) is 0.348. The number of amides is 2. The van der Waals surface area contributed by atoms with Crippen LogP contribution in [-0.4, -0.2) is 36.9 Å². The molecule has 22 heavy (non-hydrogen) atoms. The largest absolute Gasteiger partial charge is 0.353 e. The highest BCUT2D eigenvalue weighted by atomic mass is 32.1. The molecule has 1 aromatic rings. The highest BCUT2D eigenvalue weighted by Gasteiger charge is 2.29. The van der Waals surface area contributed by atoms with Crippen LogP contribution in [0.25, 0.3) is 0 Å². The third kappa shape index (κ3) is 3.19. The molecule has 0 aromatic carbocycles. The number of hydrogen-bond donors (Lipinski definition) is 1. The van der Waals surface area contributed by atoms with E-state index in [1.165, 1.54) is 23.3 Å². The summed E-state index contributed by atoms with van der Waals surface area (Å²) in [4.78, 5) is 28.2. The molecule has 2 amide bonds. The fraction of sp³-hybridized carbons (Fsp3) is 0.647. The van der Waals surface area contributed by atoms with Gasteiger partial charge in [-0.25, -0.2) is 0 Å². The topological polar surface area (TPSA) is 49.4 Å². The van der Waals surface area contributed by atoms with Gasteiger partial charge in [-0.15, -0.1) is 11.3 Å². The van der Waals surface area contributed by atoms with Gasteiger partial charge in [0, 0.05) is 30.9 Å². The highest BCUT2D eigenvalue weighted by Crippen LogP contribution is 2.33. The lowest BCUT2D eigenvalue weighted by molar-refractivity contribution is -0.126. The molecule has 0 saturated heterocycles. The van der Waals surface area contributed by atoms with Crippen LogP contribution in [0.3, 0.4) is 0 Å². The van der Waals surface area contributed by atoms with Crippen molar-refractivity contribution in [2.24, 2.45) is 5.92 Å². The summed E-state index contributed by atoms with van der Waals surface area (Å²) in [5, 5.41) is 3.22. The molecular weight excluding hydrogens is 296 g/mol. The van der Waals surface area contributed by atoms with Gasteiger partial charge in [0.15, 0.2) is 0 Å². The summed E-state index contributed by atoms with van der Waals surface area (Å²) in [6.45, 7) is 0. The Kier molecular flexibility index (Phi) is 4.52. The number of rotatable bonds is 3. The molecule has 0 aliphatic heterocycles. The number of carbonyl (C=O) groups is 2. The summed E-state index contributed by atoms with van der Waals surface area (Å²) in [6.07, 6.45) is 7.34. The Hall–Kier alpha value is -1.36. The molecule has 3 rings (SSSR count). The molecule has 1 atom stereocenters. The zero-order chi connectivity index (χ0) is 15.7. The molecular formula is C17H24N2O2S.